The molecule has 1 atom stereocenters. The molecule has 2 N–H and O–H groups in total. The minimum Gasteiger partial charge on any atom is -0.481 e. The fraction of sp³-hybridized carbons (Fsp3) is 0.900. The Hall–Kier alpha value is -0.620. The van der Waals surface area contributed by atoms with E-state index in [9.17, 15) is 13.2 Å². The highest BCUT2D eigenvalue weighted by atomic mass is 32.2. The van der Waals surface area contributed by atoms with Crippen molar-refractivity contribution in [3.05, 3.63) is 0 Å². The van der Waals surface area contributed by atoms with Crippen LogP contribution in [0.1, 0.15) is 34.1 Å². The number of carboxylic acids is 1. The molecular formula is C10H21NO4S. The fourth-order valence-electron chi connectivity index (χ4n) is 1.22. The Morgan fingerprint density at radius 1 is 1.38 bits per heavy atom. The highest BCUT2D eigenvalue weighted by Gasteiger charge is 2.27. The zero-order valence-electron chi connectivity index (χ0n) is 10.3. The molecule has 0 fully saturated rings. The van der Waals surface area contributed by atoms with Crippen LogP contribution in [0, 0.1) is 11.3 Å². The lowest BCUT2D eigenvalue weighted by molar-refractivity contribution is -0.139. The largest absolute Gasteiger partial charge is 0.481 e. The summed E-state index contributed by atoms with van der Waals surface area (Å²) < 4.78 is 24.9. The standard InChI is InChI=1S/C10H21NO4S/c1-5-16(14,15)11-7-8(6-9(12)13)10(2,3)4/h8,11H,5-7H2,1-4H3,(H,12,13). The first kappa shape index (κ1) is 15.4. The minimum atomic E-state index is -3.25. The van der Waals surface area contributed by atoms with Crippen LogP contribution < -0.4 is 4.72 Å². The molecule has 0 saturated carbocycles. The Bertz CT molecular complexity index is 329. The lowest BCUT2D eigenvalue weighted by Gasteiger charge is -2.29. The number of carbonyl (C=O) groups is 1. The molecule has 0 aromatic rings. The zero-order chi connectivity index (χ0) is 13.0. The predicted molar refractivity (Wildman–Crippen MR) is 62.7 cm³/mol. The van der Waals surface area contributed by atoms with Gasteiger partial charge in [-0.05, 0) is 18.3 Å². The van der Waals surface area contributed by atoms with Crippen molar-refractivity contribution in [2.45, 2.75) is 34.1 Å². The molecule has 96 valence electrons. The zero-order valence-corrected chi connectivity index (χ0v) is 11.1. The van der Waals surface area contributed by atoms with Crippen LogP contribution in [0.4, 0.5) is 0 Å². The second kappa shape index (κ2) is 5.63. The van der Waals surface area contributed by atoms with Crippen molar-refractivity contribution in [3.63, 3.8) is 0 Å². The number of sulfonamides is 1. The van der Waals surface area contributed by atoms with E-state index in [0.29, 0.717) is 0 Å². The van der Waals surface area contributed by atoms with Gasteiger partial charge in [0.05, 0.1) is 5.75 Å². The van der Waals surface area contributed by atoms with Crippen LogP contribution in [0.2, 0.25) is 0 Å². The first-order chi connectivity index (χ1) is 7.08. The van der Waals surface area contributed by atoms with Gasteiger partial charge in [0.15, 0.2) is 0 Å². The molecule has 0 amide bonds. The van der Waals surface area contributed by atoms with E-state index in [1.54, 1.807) is 6.92 Å². The van der Waals surface area contributed by atoms with E-state index in [1.807, 2.05) is 20.8 Å². The molecule has 0 rings (SSSR count). The van der Waals surface area contributed by atoms with Gasteiger partial charge in [-0.2, -0.15) is 0 Å². The van der Waals surface area contributed by atoms with Crippen molar-refractivity contribution >= 4 is 16.0 Å². The number of carboxylic acid groups (broad SMARTS) is 1. The average Bonchev–Trinajstić information content (AvgIpc) is 2.10. The second-order valence-electron chi connectivity index (χ2n) is 4.91. The smallest absolute Gasteiger partial charge is 0.303 e. The third-order valence-electron chi connectivity index (χ3n) is 2.58. The Morgan fingerprint density at radius 3 is 2.19 bits per heavy atom. The summed E-state index contributed by atoms with van der Waals surface area (Å²) in [5.74, 6) is -1.11. The maximum absolute atomic E-state index is 11.3. The van der Waals surface area contributed by atoms with Crippen molar-refractivity contribution < 1.29 is 18.3 Å². The highest BCUT2D eigenvalue weighted by molar-refractivity contribution is 7.89. The molecule has 0 spiro atoms. The number of aliphatic carboxylic acids is 1. The summed E-state index contributed by atoms with van der Waals surface area (Å²) in [5, 5.41) is 8.76. The summed E-state index contributed by atoms with van der Waals surface area (Å²) in [6.07, 6.45) is -0.0320. The second-order valence-corrected chi connectivity index (χ2v) is 7.01. The first-order valence-corrected chi connectivity index (χ1v) is 6.93. The molecule has 0 aromatic carbocycles. The third-order valence-corrected chi connectivity index (χ3v) is 3.94. The van der Waals surface area contributed by atoms with E-state index < -0.39 is 16.0 Å². The molecular weight excluding hydrogens is 230 g/mol. The lowest BCUT2D eigenvalue weighted by Crippen LogP contribution is -2.37. The maximum atomic E-state index is 11.3. The van der Waals surface area contributed by atoms with Gasteiger partial charge in [-0.3, -0.25) is 4.79 Å². The molecule has 0 aromatic heterocycles. The molecule has 0 aliphatic rings. The summed E-state index contributed by atoms with van der Waals surface area (Å²) in [7, 11) is -3.25. The Kier molecular flexibility index (Phi) is 5.41. The van der Waals surface area contributed by atoms with Gasteiger partial charge >= 0.3 is 5.97 Å². The lowest BCUT2D eigenvalue weighted by atomic mass is 9.79. The van der Waals surface area contributed by atoms with Gasteiger partial charge in [0.1, 0.15) is 0 Å². The molecule has 0 saturated heterocycles. The summed E-state index contributed by atoms with van der Waals surface area (Å²) in [5.41, 5.74) is -0.241. The Labute approximate surface area is 97.3 Å². The van der Waals surface area contributed by atoms with Crippen LogP contribution in [0.25, 0.3) is 0 Å². The molecule has 16 heavy (non-hydrogen) atoms. The highest BCUT2D eigenvalue weighted by Crippen LogP contribution is 2.28. The van der Waals surface area contributed by atoms with Crippen molar-refractivity contribution in [2.24, 2.45) is 11.3 Å². The van der Waals surface area contributed by atoms with Crippen LogP contribution in [-0.2, 0) is 14.8 Å². The van der Waals surface area contributed by atoms with Crippen molar-refractivity contribution in [1.82, 2.24) is 4.72 Å². The van der Waals surface area contributed by atoms with Gasteiger partial charge in [0.2, 0.25) is 10.0 Å². The minimum absolute atomic E-state index is 0.0108. The van der Waals surface area contributed by atoms with E-state index in [0.717, 1.165) is 0 Å². The molecule has 0 aliphatic carbocycles. The van der Waals surface area contributed by atoms with Crippen molar-refractivity contribution in [1.29, 1.82) is 0 Å². The van der Waals surface area contributed by atoms with Crippen LogP contribution in [0.15, 0.2) is 0 Å². The predicted octanol–water partition coefficient (Wildman–Crippen LogP) is 1.06. The van der Waals surface area contributed by atoms with Gasteiger partial charge in [-0.1, -0.05) is 20.8 Å². The molecule has 5 nitrogen and oxygen atoms in total. The van der Waals surface area contributed by atoms with Crippen molar-refractivity contribution in [2.75, 3.05) is 12.3 Å². The number of nitrogens with one attached hydrogen (secondary N) is 1. The molecule has 0 bridgehead atoms. The first-order valence-electron chi connectivity index (χ1n) is 5.27. The van der Waals surface area contributed by atoms with Gasteiger partial charge < -0.3 is 5.11 Å². The number of hydrogen-bond acceptors (Lipinski definition) is 3. The Morgan fingerprint density at radius 2 is 1.88 bits per heavy atom. The number of rotatable bonds is 6. The fourth-order valence-corrected chi connectivity index (χ4v) is 1.88. The summed E-state index contributed by atoms with van der Waals surface area (Å²) in [4.78, 5) is 10.7. The van der Waals surface area contributed by atoms with E-state index >= 15 is 0 Å². The summed E-state index contributed by atoms with van der Waals surface area (Å²) in [6, 6.07) is 0. The number of hydrogen-bond donors (Lipinski definition) is 2. The molecule has 1 unspecified atom stereocenters. The van der Waals surface area contributed by atoms with Gasteiger partial charge in [0.25, 0.3) is 0 Å². The normalized spacial score (nSPS) is 14.8. The third kappa shape index (κ3) is 6.07. The van der Waals surface area contributed by atoms with E-state index in [-0.39, 0.29) is 30.1 Å². The molecule has 0 aliphatic heterocycles. The van der Waals surface area contributed by atoms with Crippen LogP contribution in [0.3, 0.4) is 0 Å². The molecule has 6 heteroatoms. The summed E-state index contributed by atoms with van der Waals surface area (Å²) in [6.45, 7) is 7.43. The van der Waals surface area contributed by atoms with Crippen LogP contribution in [-0.4, -0.2) is 31.8 Å². The molecule has 0 radical (unpaired) electrons. The average molecular weight is 251 g/mol. The van der Waals surface area contributed by atoms with Gasteiger partial charge in [-0.15, -0.1) is 0 Å². The van der Waals surface area contributed by atoms with E-state index in [1.165, 1.54) is 0 Å². The quantitative estimate of drug-likeness (QED) is 0.739. The van der Waals surface area contributed by atoms with Crippen molar-refractivity contribution in [3.8, 4) is 0 Å². The maximum Gasteiger partial charge on any atom is 0.303 e. The topological polar surface area (TPSA) is 83.5 Å². The van der Waals surface area contributed by atoms with Gasteiger partial charge in [-0.25, -0.2) is 13.1 Å². The van der Waals surface area contributed by atoms with E-state index in [4.69, 9.17) is 5.11 Å². The Balaban J connectivity index is 4.52. The summed E-state index contributed by atoms with van der Waals surface area (Å²) >= 11 is 0. The van der Waals surface area contributed by atoms with Crippen LogP contribution in [0.5, 0.6) is 0 Å². The van der Waals surface area contributed by atoms with Gasteiger partial charge in [0, 0.05) is 13.0 Å². The van der Waals surface area contributed by atoms with E-state index in [2.05, 4.69) is 4.72 Å². The molecule has 0 heterocycles. The van der Waals surface area contributed by atoms with Crippen LogP contribution >= 0.6 is 0 Å². The monoisotopic (exact) mass is 251 g/mol. The SMILES string of the molecule is CCS(=O)(=O)NCC(CC(=O)O)C(C)(C)C.